The molecule has 2 aliphatic heterocycles. The van der Waals surface area contributed by atoms with Gasteiger partial charge in [0, 0.05) is 18.2 Å². The van der Waals surface area contributed by atoms with Crippen LogP contribution in [0.1, 0.15) is 51.4 Å². The molecule has 1 saturated heterocycles. The second-order valence-electron chi connectivity index (χ2n) is 6.70. The van der Waals surface area contributed by atoms with Gasteiger partial charge in [0.25, 0.3) is 0 Å². The highest BCUT2D eigenvalue weighted by Crippen LogP contribution is 2.35. The zero-order valence-corrected chi connectivity index (χ0v) is 13.9. The van der Waals surface area contributed by atoms with Crippen molar-refractivity contribution in [2.24, 2.45) is 16.9 Å². The fourth-order valence-corrected chi connectivity index (χ4v) is 3.87. The first-order chi connectivity index (χ1) is 11.3. The second kappa shape index (κ2) is 8.06. The zero-order chi connectivity index (χ0) is 16.1. The van der Waals surface area contributed by atoms with Gasteiger partial charge in [0.2, 0.25) is 5.91 Å². The number of nitrogens with zero attached hydrogens (tertiary/aromatic N) is 2. The van der Waals surface area contributed by atoms with Gasteiger partial charge in [-0.05, 0) is 44.9 Å². The van der Waals surface area contributed by atoms with Crippen LogP contribution in [0, 0.1) is 11.8 Å². The van der Waals surface area contributed by atoms with Gasteiger partial charge in [-0.1, -0.05) is 12.5 Å². The molecule has 0 aromatic carbocycles. The summed E-state index contributed by atoms with van der Waals surface area (Å²) in [6.45, 7) is 5.60. The summed E-state index contributed by atoms with van der Waals surface area (Å²) < 4.78 is 11.3. The molecule has 1 saturated carbocycles. The predicted molar refractivity (Wildman–Crippen MR) is 89.0 cm³/mol. The lowest BCUT2D eigenvalue weighted by molar-refractivity contribution is -0.167. The van der Waals surface area contributed by atoms with Crippen LogP contribution < -0.4 is 0 Å². The van der Waals surface area contributed by atoms with E-state index in [1.165, 1.54) is 18.6 Å². The zero-order valence-electron chi connectivity index (χ0n) is 13.9. The minimum Gasteiger partial charge on any atom is -0.353 e. The van der Waals surface area contributed by atoms with Crippen molar-refractivity contribution in [3.63, 3.8) is 0 Å². The van der Waals surface area contributed by atoms with Crippen LogP contribution in [0.2, 0.25) is 0 Å². The van der Waals surface area contributed by atoms with Gasteiger partial charge in [-0.2, -0.15) is 5.10 Å². The maximum Gasteiger partial charge on any atom is 0.246 e. The number of hydrogen-bond acceptors (Lipinski definition) is 4. The third-order valence-electron chi connectivity index (χ3n) is 5.10. The summed E-state index contributed by atoms with van der Waals surface area (Å²) in [4.78, 5) is 12.7. The van der Waals surface area contributed by atoms with Crippen LogP contribution >= 0.6 is 0 Å². The normalized spacial score (nSPS) is 31.5. The van der Waals surface area contributed by atoms with E-state index in [-0.39, 0.29) is 18.1 Å². The number of fused-ring (bicyclic) bond motifs is 1. The SMILES string of the molecule is C=CCC1C(=O)N(CCOC2CCCCO2)N=C2CCCCC21. The van der Waals surface area contributed by atoms with Gasteiger partial charge < -0.3 is 9.47 Å². The maximum atomic E-state index is 12.7. The lowest BCUT2D eigenvalue weighted by atomic mass is 9.75. The molecule has 23 heavy (non-hydrogen) atoms. The van der Waals surface area contributed by atoms with Gasteiger partial charge in [0.15, 0.2) is 6.29 Å². The molecule has 128 valence electrons. The van der Waals surface area contributed by atoms with Crippen LogP contribution in [0.4, 0.5) is 0 Å². The van der Waals surface area contributed by atoms with E-state index in [2.05, 4.69) is 11.7 Å². The molecule has 3 unspecified atom stereocenters. The van der Waals surface area contributed by atoms with Crippen molar-refractivity contribution >= 4 is 11.6 Å². The Balaban J connectivity index is 1.58. The Kier molecular flexibility index (Phi) is 5.84. The largest absolute Gasteiger partial charge is 0.353 e. The van der Waals surface area contributed by atoms with Crippen LogP contribution in [0.15, 0.2) is 17.8 Å². The number of allylic oxidation sites excluding steroid dienone is 1. The molecule has 0 radical (unpaired) electrons. The molecule has 2 fully saturated rings. The van der Waals surface area contributed by atoms with E-state index in [1.54, 1.807) is 5.01 Å². The number of hydrazone groups is 1. The Morgan fingerprint density at radius 2 is 2.17 bits per heavy atom. The Morgan fingerprint density at radius 1 is 1.30 bits per heavy atom. The van der Waals surface area contributed by atoms with Gasteiger partial charge in [-0.3, -0.25) is 4.79 Å². The van der Waals surface area contributed by atoms with E-state index >= 15 is 0 Å². The highest BCUT2D eigenvalue weighted by molar-refractivity contribution is 5.96. The summed E-state index contributed by atoms with van der Waals surface area (Å²) in [7, 11) is 0. The second-order valence-corrected chi connectivity index (χ2v) is 6.70. The van der Waals surface area contributed by atoms with Crippen molar-refractivity contribution < 1.29 is 14.3 Å². The fourth-order valence-electron chi connectivity index (χ4n) is 3.87. The molecule has 3 atom stereocenters. The number of amides is 1. The molecule has 0 aromatic heterocycles. The molecule has 0 N–H and O–H groups in total. The third kappa shape index (κ3) is 4.01. The lowest BCUT2D eigenvalue weighted by Crippen LogP contribution is -2.46. The smallest absolute Gasteiger partial charge is 0.246 e. The van der Waals surface area contributed by atoms with E-state index in [4.69, 9.17) is 9.47 Å². The highest BCUT2D eigenvalue weighted by Gasteiger charge is 2.39. The van der Waals surface area contributed by atoms with E-state index in [1.807, 2.05) is 6.08 Å². The summed E-state index contributed by atoms with van der Waals surface area (Å²) >= 11 is 0. The maximum absolute atomic E-state index is 12.7. The summed E-state index contributed by atoms with van der Waals surface area (Å²) in [6.07, 6.45) is 10.2. The minimum absolute atomic E-state index is 0.0197. The van der Waals surface area contributed by atoms with E-state index in [9.17, 15) is 4.79 Å². The van der Waals surface area contributed by atoms with Crippen LogP contribution in [0.3, 0.4) is 0 Å². The summed E-state index contributed by atoms with van der Waals surface area (Å²) in [6, 6.07) is 0. The average molecular weight is 320 g/mol. The van der Waals surface area contributed by atoms with Crippen molar-refractivity contribution in [1.29, 1.82) is 0 Å². The van der Waals surface area contributed by atoms with Crippen LogP contribution in [0.25, 0.3) is 0 Å². The summed E-state index contributed by atoms with van der Waals surface area (Å²) in [5, 5.41) is 6.28. The van der Waals surface area contributed by atoms with Crippen LogP contribution in [-0.4, -0.2) is 42.7 Å². The Labute approximate surface area is 138 Å². The number of hydrogen-bond donors (Lipinski definition) is 0. The van der Waals surface area contributed by atoms with Crippen molar-refractivity contribution in [1.82, 2.24) is 5.01 Å². The Bertz CT molecular complexity index is 457. The molecular weight excluding hydrogens is 292 g/mol. The Morgan fingerprint density at radius 3 is 2.96 bits per heavy atom. The topological polar surface area (TPSA) is 51.1 Å². The number of rotatable bonds is 6. The molecule has 3 aliphatic rings. The predicted octanol–water partition coefficient (Wildman–Crippen LogP) is 3.11. The van der Waals surface area contributed by atoms with Gasteiger partial charge >= 0.3 is 0 Å². The van der Waals surface area contributed by atoms with Gasteiger partial charge in [0.1, 0.15) is 0 Å². The van der Waals surface area contributed by atoms with Crippen molar-refractivity contribution in [3.05, 3.63) is 12.7 Å². The third-order valence-corrected chi connectivity index (χ3v) is 5.10. The molecular formula is C18H28N2O3. The van der Waals surface area contributed by atoms with E-state index in [0.29, 0.717) is 19.1 Å². The van der Waals surface area contributed by atoms with Crippen molar-refractivity contribution in [2.45, 2.75) is 57.7 Å². The first kappa shape index (κ1) is 16.7. The van der Waals surface area contributed by atoms with Gasteiger partial charge in [-0.15, -0.1) is 6.58 Å². The minimum atomic E-state index is -0.109. The first-order valence-corrected chi connectivity index (χ1v) is 9.02. The van der Waals surface area contributed by atoms with E-state index < -0.39 is 0 Å². The average Bonchev–Trinajstić information content (AvgIpc) is 2.59. The highest BCUT2D eigenvalue weighted by atomic mass is 16.7. The molecule has 0 aromatic rings. The first-order valence-electron chi connectivity index (χ1n) is 9.02. The molecule has 1 aliphatic carbocycles. The van der Waals surface area contributed by atoms with Gasteiger partial charge in [-0.25, -0.2) is 5.01 Å². The monoisotopic (exact) mass is 320 g/mol. The lowest BCUT2D eigenvalue weighted by Gasteiger charge is -2.38. The quantitative estimate of drug-likeness (QED) is 0.707. The summed E-state index contributed by atoms with van der Waals surface area (Å²) in [5.74, 6) is 0.480. The Hall–Kier alpha value is -1.20. The van der Waals surface area contributed by atoms with E-state index in [0.717, 1.165) is 45.1 Å². The van der Waals surface area contributed by atoms with Crippen molar-refractivity contribution in [3.8, 4) is 0 Å². The standard InChI is InChI=1S/C18H28N2O3/c1-2-7-15-14-8-3-4-9-16(14)19-20(18(15)21)11-13-23-17-10-5-6-12-22-17/h2,14-15,17H,1,3-13H2. The summed E-state index contributed by atoms with van der Waals surface area (Å²) in [5.41, 5.74) is 1.21. The molecule has 1 amide bonds. The van der Waals surface area contributed by atoms with Crippen molar-refractivity contribution in [2.75, 3.05) is 19.8 Å². The molecule has 2 heterocycles. The fraction of sp³-hybridized carbons (Fsp3) is 0.778. The number of ether oxygens (including phenoxy) is 2. The van der Waals surface area contributed by atoms with Gasteiger partial charge in [0.05, 0.1) is 19.1 Å². The number of carbonyl (C=O) groups is 1. The molecule has 3 rings (SSSR count). The molecule has 5 heteroatoms. The van der Waals surface area contributed by atoms with Crippen LogP contribution in [0.5, 0.6) is 0 Å². The molecule has 5 nitrogen and oxygen atoms in total. The number of carbonyl (C=O) groups excluding carboxylic acids is 1. The molecule has 0 bridgehead atoms. The molecule has 0 spiro atoms. The van der Waals surface area contributed by atoms with Crippen LogP contribution in [-0.2, 0) is 14.3 Å².